The van der Waals surface area contributed by atoms with E-state index in [1.54, 1.807) is 0 Å². The van der Waals surface area contributed by atoms with Crippen molar-refractivity contribution >= 4 is 0 Å². The molecule has 90 valence electrons. The highest BCUT2D eigenvalue weighted by Gasteiger charge is 2.35. The van der Waals surface area contributed by atoms with E-state index in [2.05, 4.69) is 33.0 Å². The van der Waals surface area contributed by atoms with Gasteiger partial charge in [0.1, 0.15) is 0 Å². The zero-order valence-electron chi connectivity index (χ0n) is 10.8. The molecule has 0 spiro atoms. The van der Waals surface area contributed by atoms with Crippen molar-refractivity contribution in [3.63, 3.8) is 0 Å². The van der Waals surface area contributed by atoms with Crippen LogP contribution in [0, 0.1) is 5.41 Å². The molecule has 0 aliphatic heterocycles. The molecule has 1 N–H and O–H groups in total. The molecule has 2 unspecified atom stereocenters. The molecule has 1 saturated carbocycles. The molecule has 2 nitrogen and oxygen atoms in total. The summed E-state index contributed by atoms with van der Waals surface area (Å²) in [6.45, 7) is 10.9. The lowest BCUT2D eigenvalue weighted by Crippen LogP contribution is -2.30. The van der Waals surface area contributed by atoms with Crippen molar-refractivity contribution in [3.8, 4) is 0 Å². The Labute approximate surface area is 94.8 Å². The molecule has 0 aromatic carbocycles. The highest BCUT2D eigenvalue weighted by molar-refractivity contribution is 4.89. The minimum atomic E-state index is 0.365. The third kappa shape index (κ3) is 4.52. The topological polar surface area (TPSA) is 21.3 Å². The Bertz CT molecular complexity index is 181. The van der Waals surface area contributed by atoms with Gasteiger partial charge in [0.2, 0.25) is 0 Å². The Balaban J connectivity index is 2.26. The van der Waals surface area contributed by atoms with E-state index in [0.29, 0.717) is 11.5 Å². The van der Waals surface area contributed by atoms with E-state index in [1.165, 1.54) is 25.7 Å². The van der Waals surface area contributed by atoms with Crippen molar-refractivity contribution < 1.29 is 4.74 Å². The zero-order valence-corrected chi connectivity index (χ0v) is 10.8. The van der Waals surface area contributed by atoms with E-state index in [4.69, 9.17) is 4.74 Å². The maximum atomic E-state index is 5.75. The second kappa shape index (κ2) is 5.86. The molecule has 0 saturated heterocycles. The first-order chi connectivity index (χ1) is 7.06. The van der Waals surface area contributed by atoms with Gasteiger partial charge in [0, 0.05) is 6.04 Å². The van der Waals surface area contributed by atoms with Crippen LogP contribution in [0.3, 0.4) is 0 Å². The van der Waals surface area contributed by atoms with Gasteiger partial charge in [-0.05, 0) is 51.5 Å². The number of ether oxygens (including phenoxy) is 1. The fourth-order valence-electron chi connectivity index (χ4n) is 2.34. The van der Waals surface area contributed by atoms with Gasteiger partial charge in [0.25, 0.3) is 0 Å². The van der Waals surface area contributed by atoms with Gasteiger partial charge in [-0.15, -0.1) is 0 Å². The molecular formula is C13H27NO. The summed E-state index contributed by atoms with van der Waals surface area (Å²) >= 11 is 0. The normalized spacial score (nSPS) is 31.4. The lowest BCUT2D eigenvalue weighted by molar-refractivity contribution is 0.0160. The summed E-state index contributed by atoms with van der Waals surface area (Å²) in [5.41, 5.74) is 0.412. The molecular weight excluding hydrogens is 186 g/mol. The van der Waals surface area contributed by atoms with Crippen LogP contribution in [0.4, 0.5) is 0 Å². The van der Waals surface area contributed by atoms with E-state index < -0.39 is 0 Å². The second-order valence-corrected chi connectivity index (χ2v) is 5.56. The first-order valence-electron chi connectivity index (χ1n) is 6.41. The Hall–Kier alpha value is -0.0800. The Morgan fingerprint density at radius 1 is 1.47 bits per heavy atom. The Morgan fingerprint density at radius 3 is 2.80 bits per heavy atom. The lowest BCUT2D eigenvalue weighted by Gasteiger charge is -2.25. The van der Waals surface area contributed by atoms with Crippen molar-refractivity contribution in [2.24, 2.45) is 5.41 Å². The van der Waals surface area contributed by atoms with Crippen molar-refractivity contribution in [1.29, 1.82) is 0 Å². The summed E-state index contributed by atoms with van der Waals surface area (Å²) in [6, 6.07) is 0.728. The highest BCUT2D eigenvalue weighted by Crippen LogP contribution is 2.38. The van der Waals surface area contributed by atoms with Gasteiger partial charge < -0.3 is 10.1 Å². The first-order valence-corrected chi connectivity index (χ1v) is 6.41. The van der Waals surface area contributed by atoms with E-state index in [1.807, 2.05) is 0 Å². The number of nitrogens with one attached hydrogen (secondary N) is 1. The number of rotatable bonds is 6. The van der Waals surface area contributed by atoms with Crippen molar-refractivity contribution in [3.05, 3.63) is 0 Å². The predicted octanol–water partition coefficient (Wildman–Crippen LogP) is 2.97. The SMILES string of the molecule is CCCNC1CCC(C)(COC(C)C)C1. The van der Waals surface area contributed by atoms with E-state index >= 15 is 0 Å². The third-order valence-electron chi connectivity index (χ3n) is 3.28. The second-order valence-electron chi connectivity index (χ2n) is 5.56. The average Bonchev–Trinajstić information content (AvgIpc) is 2.55. The lowest BCUT2D eigenvalue weighted by atomic mass is 9.90. The number of hydrogen-bond donors (Lipinski definition) is 1. The summed E-state index contributed by atoms with van der Waals surface area (Å²) in [4.78, 5) is 0. The Kier molecular flexibility index (Phi) is 5.07. The van der Waals surface area contributed by atoms with Crippen LogP contribution < -0.4 is 5.32 Å². The van der Waals surface area contributed by atoms with Crippen molar-refractivity contribution in [2.45, 2.75) is 65.5 Å². The van der Waals surface area contributed by atoms with Crippen LogP contribution >= 0.6 is 0 Å². The minimum Gasteiger partial charge on any atom is -0.378 e. The molecule has 1 aliphatic carbocycles. The molecule has 1 rings (SSSR count). The maximum Gasteiger partial charge on any atom is 0.0523 e. The van der Waals surface area contributed by atoms with Gasteiger partial charge in [-0.2, -0.15) is 0 Å². The highest BCUT2D eigenvalue weighted by atomic mass is 16.5. The van der Waals surface area contributed by atoms with Crippen LogP contribution in [-0.2, 0) is 4.74 Å². The van der Waals surface area contributed by atoms with E-state index in [-0.39, 0.29) is 0 Å². The molecule has 1 fully saturated rings. The predicted molar refractivity (Wildman–Crippen MR) is 65.1 cm³/mol. The van der Waals surface area contributed by atoms with Crippen LogP contribution in [0.15, 0.2) is 0 Å². The van der Waals surface area contributed by atoms with E-state index in [0.717, 1.165) is 19.2 Å². The molecule has 0 aromatic heterocycles. The van der Waals surface area contributed by atoms with Crippen LogP contribution in [0.5, 0.6) is 0 Å². The monoisotopic (exact) mass is 213 g/mol. The Morgan fingerprint density at radius 2 is 2.20 bits per heavy atom. The largest absolute Gasteiger partial charge is 0.378 e. The molecule has 0 aromatic rings. The van der Waals surface area contributed by atoms with Crippen LogP contribution in [0.1, 0.15) is 53.4 Å². The van der Waals surface area contributed by atoms with Gasteiger partial charge in [-0.3, -0.25) is 0 Å². The standard InChI is InChI=1S/C13H27NO/c1-5-8-14-12-6-7-13(4,9-12)10-15-11(2)3/h11-12,14H,5-10H2,1-4H3. The fraction of sp³-hybridized carbons (Fsp3) is 1.00. The maximum absolute atomic E-state index is 5.75. The summed E-state index contributed by atoms with van der Waals surface area (Å²) in [5, 5.41) is 3.62. The van der Waals surface area contributed by atoms with Crippen LogP contribution in [0.25, 0.3) is 0 Å². The molecule has 15 heavy (non-hydrogen) atoms. The smallest absolute Gasteiger partial charge is 0.0523 e. The first kappa shape index (κ1) is 13.0. The van der Waals surface area contributed by atoms with Gasteiger partial charge >= 0.3 is 0 Å². The zero-order chi connectivity index (χ0) is 11.3. The van der Waals surface area contributed by atoms with Crippen molar-refractivity contribution in [1.82, 2.24) is 5.32 Å². The summed E-state index contributed by atoms with van der Waals surface area (Å²) in [5.74, 6) is 0. The van der Waals surface area contributed by atoms with E-state index in [9.17, 15) is 0 Å². The molecule has 0 radical (unpaired) electrons. The molecule has 0 heterocycles. The average molecular weight is 213 g/mol. The minimum absolute atomic E-state index is 0.365. The quantitative estimate of drug-likeness (QED) is 0.732. The molecule has 2 heteroatoms. The fourth-order valence-corrected chi connectivity index (χ4v) is 2.34. The number of hydrogen-bond acceptors (Lipinski definition) is 2. The molecule has 0 bridgehead atoms. The third-order valence-corrected chi connectivity index (χ3v) is 3.28. The van der Waals surface area contributed by atoms with Gasteiger partial charge in [0.15, 0.2) is 0 Å². The van der Waals surface area contributed by atoms with Gasteiger partial charge in [-0.1, -0.05) is 13.8 Å². The molecule has 1 aliphatic rings. The van der Waals surface area contributed by atoms with Crippen molar-refractivity contribution in [2.75, 3.05) is 13.2 Å². The molecule has 0 amide bonds. The van der Waals surface area contributed by atoms with Crippen LogP contribution in [0.2, 0.25) is 0 Å². The van der Waals surface area contributed by atoms with Gasteiger partial charge in [-0.25, -0.2) is 0 Å². The van der Waals surface area contributed by atoms with Crippen LogP contribution in [-0.4, -0.2) is 25.3 Å². The van der Waals surface area contributed by atoms with Gasteiger partial charge in [0.05, 0.1) is 12.7 Å². The summed E-state index contributed by atoms with van der Waals surface area (Å²) in [6.07, 6.45) is 5.50. The summed E-state index contributed by atoms with van der Waals surface area (Å²) < 4.78 is 5.75. The summed E-state index contributed by atoms with van der Waals surface area (Å²) in [7, 11) is 0. The molecule has 2 atom stereocenters.